The first-order valence-electron chi connectivity index (χ1n) is 13.8. The standard InChI is InChI=1S/C33H34ClN3O5S/c1-3-35-33(39)31(22-25-12-6-4-7-13-25)36(23-26-14-10-11-17-30(26)34)32(38)24-37(27-15-8-5-9-16-27)43(40,41)29-20-18-28(42-2)19-21-29/h4-21,31H,3,22-24H2,1-2H3,(H,35,39)/t31-/m1/s1. The fourth-order valence-corrected chi connectivity index (χ4v) is 6.26. The Balaban J connectivity index is 1.78. The minimum atomic E-state index is -4.20. The number of nitrogens with zero attached hydrogens (tertiary/aromatic N) is 2. The van der Waals surface area contributed by atoms with E-state index >= 15 is 0 Å². The molecule has 0 aliphatic rings. The van der Waals surface area contributed by atoms with Crippen LogP contribution in [0.15, 0.2) is 114 Å². The number of anilines is 1. The highest BCUT2D eigenvalue weighted by atomic mass is 35.5. The van der Waals surface area contributed by atoms with Crippen molar-refractivity contribution >= 4 is 39.1 Å². The lowest BCUT2D eigenvalue weighted by molar-refractivity contribution is -0.140. The van der Waals surface area contributed by atoms with Crippen LogP contribution in [0.5, 0.6) is 5.75 Å². The minimum absolute atomic E-state index is 0.00163. The number of carbonyl (C=O) groups excluding carboxylic acids is 2. The minimum Gasteiger partial charge on any atom is -0.497 e. The average molecular weight is 620 g/mol. The van der Waals surface area contributed by atoms with Gasteiger partial charge in [-0.15, -0.1) is 0 Å². The lowest BCUT2D eigenvalue weighted by atomic mass is 10.0. The number of sulfonamides is 1. The first kappa shape index (κ1) is 31.6. The van der Waals surface area contributed by atoms with E-state index in [4.69, 9.17) is 16.3 Å². The quantitative estimate of drug-likeness (QED) is 0.219. The topological polar surface area (TPSA) is 96.0 Å². The molecule has 0 saturated heterocycles. The Hall–Kier alpha value is -4.34. The Labute approximate surface area is 257 Å². The number of para-hydroxylation sites is 1. The van der Waals surface area contributed by atoms with Crippen LogP contribution in [0, 0.1) is 0 Å². The third kappa shape index (κ3) is 7.94. The lowest BCUT2D eigenvalue weighted by Crippen LogP contribution is -2.53. The summed E-state index contributed by atoms with van der Waals surface area (Å²) in [5, 5.41) is 3.27. The molecule has 0 saturated carbocycles. The van der Waals surface area contributed by atoms with Crippen molar-refractivity contribution in [3.63, 3.8) is 0 Å². The van der Waals surface area contributed by atoms with E-state index in [1.54, 1.807) is 73.7 Å². The third-order valence-corrected chi connectivity index (χ3v) is 9.05. The van der Waals surface area contributed by atoms with Crippen LogP contribution in [0.3, 0.4) is 0 Å². The molecule has 0 spiro atoms. The molecule has 2 amide bonds. The normalized spacial score (nSPS) is 11.8. The number of likely N-dealkylation sites (N-methyl/N-ethyl adjacent to an activating group) is 1. The molecule has 0 radical (unpaired) electrons. The van der Waals surface area contributed by atoms with Gasteiger partial charge in [-0.05, 0) is 60.5 Å². The van der Waals surface area contributed by atoms with Crippen LogP contribution in [0.25, 0.3) is 0 Å². The molecule has 0 bridgehead atoms. The summed E-state index contributed by atoms with van der Waals surface area (Å²) in [7, 11) is -2.71. The fourth-order valence-electron chi connectivity index (χ4n) is 4.65. The molecule has 4 aromatic rings. The summed E-state index contributed by atoms with van der Waals surface area (Å²) < 4.78 is 34.3. The zero-order chi connectivity index (χ0) is 30.8. The van der Waals surface area contributed by atoms with Crippen molar-refractivity contribution in [2.45, 2.75) is 30.8 Å². The predicted octanol–water partition coefficient (Wildman–Crippen LogP) is 5.32. The highest BCUT2D eigenvalue weighted by molar-refractivity contribution is 7.92. The summed E-state index contributed by atoms with van der Waals surface area (Å²) in [5.41, 5.74) is 1.78. The van der Waals surface area contributed by atoms with Gasteiger partial charge in [-0.3, -0.25) is 13.9 Å². The second kappa shape index (κ2) is 14.7. The van der Waals surface area contributed by atoms with Gasteiger partial charge < -0.3 is 15.0 Å². The Morgan fingerprint density at radius 1 is 0.860 bits per heavy atom. The van der Waals surface area contributed by atoms with Gasteiger partial charge in [-0.2, -0.15) is 0 Å². The molecule has 0 aromatic heterocycles. The number of benzene rings is 4. The first-order chi connectivity index (χ1) is 20.7. The number of halogens is 1. The fraction of sp³-hybridized carbons (Fsp3) is 0.212. The van der Waals surface area contributed by atoms with Gasteiger partial charge in [-0.1, -0.05) is 78.3 Å². The van der Waals surface area contributed by atoms with Crippen molar-refractivity contribution in [2.24, 2.45) is 0 Å². The van der Waals surface area contributed by atoms with Crippen LogP contribution >= 0.6 is 11.6 Å². The Bertz CT molecular complexity index is 1620. The first-order valence-corrected chi connectivity index (χ1v) is 15.6. The molecule has 0 aliphatic heterocycles. The van der Waals surface area contributed by atoms with Crippen LogP contribution in [-0.2, 0) is 32.6 Å². The van der Waals surface area contributed by atoms with E-state index in [1.807, 2.05) is 30.3 Å². The van der Waals surface area contributed by atoms with Gasteiger partial charge >= 0.3 is 0 Å². The largest absolute Gasteiger partial charge is 0.497 e. The number of hydrogen-bond donors (Lipinski definition) is 1. The van der Waals surface area contributed by atoms with Crippen molar-refractivity contribution in [1.29, 1.82) is 0 Å². The highest BCUT2D eigenvalue weighted by Crippen LogP contribution is 2.27. The van der Waals surface area contributed by atoms with E-state index in [0.29, 0.717) is 28.6 Å². The van der Waals surface area contributed by atoms with Crippen LogP contribution in [0.1, 0.15) is 18.1 Å². The molecule has 4 rings (SSSR count). The monoisotopic (exact) mass is 619 g/mol. The van der Waals surface area contributed by atoms with E-state index in [0.717, 1.165) is 9.87 Å². The van der Waals surface area contributed by atoms with Gasteiger partial charge in [0.2, 0.25) is 11.8 Å². The number of amides is 2. The van der Waals surface area contributed by atoms with Crippen molar-refractivity contribution in [3.8, 4) is 5.75 Å². The molecule has 8 nitrogen and oxygen atoms in total. The van der Waals surface area contributed by atoms with Gasteiger partial charge in [0.25, 0.3) is 10.0 Å². The van der Waals surface area contributed by atoms with Crippen molar-refractivity contribution in [1.82, 2.24) is 10.2 Å². The lowest BCUT2D eigenvalue weighted by Gasteiger charge is -2.34. The molecule has 1 N–H and O–H groups in total. The SMILES string of the molecule is CCNC(=O)[C@@H](Cc1ccccc1)N(Cc1ccccc1Cl)C(=O)CN(c1ccccc1)S(=O)(=O)c1ccc(OC)cc1. The Morgan fingerprint density at radius 2 is 1.47 bits per heavy atom. The molecule has 1 atom stereocenters. The predicted molar refractivity (Wildman–Crippen MR) is 169 cm³/mol. The molecule has 0 fully saturated rings. The smallest absolute Gasteiger partial charge is 0.264 e. The second-order valence-electron chi connectivity index (χ2n) is 9.74. The van der Waals surface area contributed by atoms with E-state index in [9.17, 15) is 18.0 Å². The molecule has 0 aliphatic carbocycles. The van der Waals surface area contributed by atoms with E-state index < -0.39 is 28.5 Å². The summed E-state index contributed by atoms with van der Waals surface area (Å²) in [6.07, 6.45) is 0.222. The third-order valence-electron chi connectivity index (χ3n) is 6.89. The highest BCUT2D eigenvalue weighted by Gasteiger charge is 2.34. The number of hydrogen-bond acceptors (Lipinski definition) is 5. The Kier molecular flexibility index (Phi) is 10.8. The second-order valence-corrected chi connectivity index (χ2v) is 12.0. The van der Waals surface area contributed by atoms with Crippen LogP contribution < -0.4 is 14.4 Å². The average Bonchev–Trinajstić information content (AvgIpc) is 3.03. The summed E-state index contributed by atoms with van der Waals surface area (Å²) in [6, 6.07) is 29.9. The molecular formula is C33H34ClN3O5S. The van der Waals surface area contributed by atoms with E-state index in [-0.39, 0.29) is 23.8 Å². The van der Waals surface area contributed by atoms with Gasteiger partial charge in [0.15, 0.2) is 0 Å². The zero-order valence-corrected chi connectivity index (χ0v) is 25.6. The van der Waals surface area contributed by atoms with Crippen molar-refractivity contribution < 1.29 is 22.7 Å². The number of carbonyl (C=O) groups is 2. The van der Waals surface area contributed by atoms with Crippen LogP contribution in [0.2, 0.25) is 5.02 Å². The molecule has 0 heterocycles. The van der Waals surface area contributed by atoms with Gasteiger partial charge in [0.1, 0.15) is 18.3 Å². The van der Waals surface area contributed by atoms with Gasteiger partial charge in [0.05, 0.1) is 17.7 Å². The van der Waals surface area contributed by atoms with Crippen LogP contribution in [0.4, 0.5) is 5.69 Å². The van der Waals surface area contributed by atoms with Crippen molar-refractivity contribution in [3.05, 3.63) is 125 Å². The number of methoxy groups -OCH3 is 1. The maximum absolute atomic E-state index is 14.3. The van der Waals surface area contributed by atoms with Gasteiger partial charge in [-0.25, -0.2) is 8.42 Å². The van der Waals surface area contributed by atoms with Crippen LogP contribution in [-0.4, -0.2) is 51.4 Å². The summed E-state index contributed by atoms with van der Waals surface area (Å²) in [5.74, 6) is -0.415. The van der Waals surface area contributed by atoms with E-state index in [1.165, 1.54) is 24.1 Å². The molecule has 224 valence electrons. The van der Waals surface area contributed by atoms with Crippen molar-refractivity contribution in [2.75, 3.05) is 24.5 Å². The molecule has 43 heavy (non-hydrogen) atoms. The summed E-state index contributed by atoms with van der Waals surface area (Å²) in [6.45, 7) is 1.61. The Morgan fingerprint density at radius 3 is 2.07 bits per heavy atom. The van der Waals surface area contributed by atoms with Gasteiger partial charge in [0, 0.05) is 24.5 Å². The summed E-state index contributed by atoms with van der Waals surface area (Å²) in [4.78, 5) is 29.3. The molecule has 10 heteroatoms. The molecular weight excluding hydrogens is 586 g/mol. The molecule has 4 aromatic carbocycles. The summed E-state index contributed by atoms with van der Waals surface area (Å²) >= 11 is 6.50. The zero-order valence-electron chi connectivity index (χ0n) is 24.0. The van der Waals surface area contributed by atoms with E-state index in [2.05, 4.69) is 5.32 Å². The maximum atomic E-state index is 14.3. The number of nitrogens with one attached hydrogen (secondary N) is 1. The molecule has 0 unspecified atom stereocenters. The maximum Gasteiger partial charge on any atom is 0.264 e. The number of ether oxygens (including phenoxy) is 1. The number of rotatable bonds is 13.